The third-order valence-electron chi connectivity index (χ3n) is 2.60. The van der Waals surface area contributed by atoms with Crippen molar-refractivity contribution in [2.75, 3.05) is 0 Å². The van der Waals surface area contributed by atoms with Gasteiger partial charge in [-0.05, 0) is 30.0 Å². The van der Waals surface area contributed by atoms with Crippen LogP contribution in [0.1, 0.15) is 29.2 Å². The Morgan fingerprint density at radius 2 is 2.31 bits per heavy atom. The first kappa shape index (κ1) is 8.66. The maximum absolute atomic E-state index is 13.2. The predicted molar refractivity (Wildman–Crippen MR) is 47.6 cm³/mol. The van der Waals surface area contributed by atoms with E-state index >= 15 is 0 Å². The van der Waals surface area contributed by atoms with Crippen molar-refractivity contribution >= 4 is 0 Å². The van der Waals surface area contributed by atoms with Gasteiger partial charge in [0.25, 0.3) is 0 Å². The zero-order chi connectivity index (χ0) is 9.42. The van der Waals surface area contributed by atoms with Crippen LogP contribution in [-0.4, -0.2) is 5.11 Å². The largest absolute Gasteiger partial charge is 0.392 e. The molecule has 3 N–H and O–H groups in total. The first-order valence-corrected chi connectivity index (χ1v) is 4.40. The Balaban J connectivity index is 2.50. The standard InChI is InChI=1S/C10H12FNO/c11-9-4-8-6(1-2-10(8)12)3-7(9)5-13/h3-4,10,13H,1-2,5,12H2/t10-/m0/s1. The first-order valence-electron chi connectivity index (χ1n) is 4.40. The number of nitrogens with two attached hydrogens (primary N) is 1. The highest BCUT2D eigenvalue weighted by Gasteiger charge is 2.20. The lowest BCUT2D eigenvalue weighted by Crippen LogP contribution is -2.06. The van der Waals surface area contributed by atoms with Crippen LogP contribution in [0.15, 0.2) is 12.1 Å². The van der Waals surface area contributed by atoms with E-state index in [1.807, 2.05) is 0 Å². The molecule has 0 fully saturated rings. The van der Waals surface area contributed by atoms with Crippen LogP contribution in [0.2, 0.25) is 0 Å². The number of aliphatic hydroxyl groups excluding tert-OH is 1. The average Bonchev–Trinajstić information content (AvgIpc) is 2.47. The van der Waals surface area contributed by atoms with Crippen LogP contribution in [0, 0.1) is 5.82 Å². The van der Waals surface area contributed by atoms with Gasteiger partial charge in [-0.1, -0.05) is 6.07 Å². The van der Waals surface area contributed by atoms with E-state index in [2.05, 4.69) is 0 Å². The van der Waals surface area contributed by atoms with E-state index in [-0.39, 0.29) is 18.5 Å². The third kappa shape index (κ3) is 1.34. The lowest BCUT2D eigenvalue weighted by Gasteiger charge is -2.06. The highest BCUT2D eigenvalue weighted by atomic mass is 19.1. The number of rotatable bonds is 1. The summed E-state index contributed by atoms with van der Waals surface area (Å²) in [5.74, 6) is -0.349. The van der Waals surface area contributed by atoms with E-state index in [0.29, 0.717) is 5.56 Å². The summed E-state index contributed by atoms with van der Waals surface area (Å²) in [5, 5.41) is 8.84. The molecule has 1 aromatic carbocycles. The van der Waals surface area contributed by atoms with E-state index in [9.17, 15) is 4.39 Å². The lowest BCUT2D eigenvalue weighted by atomic mass is 10.0. The Bertz CT molecular complexity index is 338. The number of aliphatic hydroxyl groups is 1. The molecule has 1 aliphatic carbocycles. The Kier molecular flexibility index (Phi) is 2.06. The zero-order valence-corrected chi connectivity index (χ0v) is 7.26. The topological polar surface area (TPSA) is 46.2 Å². The van der Waals surface area contributed by atoms with Crippen molar-refractivity contribution in [3.63, 3.8) is 0 Å². The lowest BCUT2D eigenvalue weighted by molar-refractivity contribution is 0.275. The molecule has 13 heavy (non-hydrogen) atoms. The molecule has 1 aliphatic rings. The Morgan fingerprint density at radius 1 is 1.54 bits per heavy atom. The van der Waals surface area contributed by atoms with Gasteiger partial charge in [-0.25, -0.2) is 4.39 Å². The van der Waals surface area contributed by atoms with Gasteiger partial charge in [-0.2, -0.15) is 0 Å². The maximum atomic E-state index is 13.2. The van der Waals surface area contributed by atoms with Crippen molar-refractivity contribution in [1.82, 2.24) is 0 Å². The number of hydrogen-bond acceptors (Lipinski definition) is 2. The molecule has 0 aromatic heterocycles. The predicted octanol–water partition coefficient (Wildman–Crippen LogP) is 1.26. The van der Waals surface area contributed by atoms with Gasteiger partial charge in [0.1, 0.15) is 5.82 Å². The van der Waals surface area contributed by atoms with Crippen molar-refractivity contribution in [3.05, 3.63) is 34.6 Å². The van der Waals surface area contributed by atoms with Crippen molar-refractivity contribution in [3.8, 4) is 0 Å². The third-order valence-corrected chi connectivity index (χ3v) is 2.60. The highest BCUT2D eigenvalue weighted by molar-refractivity contribution is 5.38. The van der Waals surface area contributed by atoms with Crippen LogP contribution in [0.5, 0.6) is 0 Å². The maximum Gasteiger partial charge on any atom is 0.129 e. The number of fused-ring (bicyclic) bond motifs is 1. The van der Waals surface area contributed by atoms with Crippen molar-refractivity contribution < 1.29 is 9.50 Å². The fraction of sp³-hybridized carbons (Fsp3) is 0.400. The van der Waals surface area contributed by atoms with Gasteiger partial charge in [0.05, 0.1) is 6.61 Å². The quantitative estimate of drug-likeness (QED) is 0.685. The summed E-state index contributed by atoms with van der Waals surface area (Å²) in [6, 6.07) is 3.15. The fourth-order valence-corrected chi connectivity index (χ4v) is 1.83. The van der Waals surface area contributed by atoms with Crippen molar-refractivity contribution in [2.24, 2.45) is 5.73 Å². The minimum absolute atomic E-state index is 0.0303. The number of halogens is 1. The molecule has 0 saturated heterocycles. The van der Waals surface area contributed by atoms with Crippen molar-refractivity contribution in [2.45, 2.75) is 25.5 Å². The summed E-state index contributed by atoms with van der Waals surface area (Å²) in [7, 11) is 0. The summed E-state index contributed by atoms with van der Waals surface area (Å²) in [6.45, 7) is -0.242. The molecular weight excluding hydrogens is 169 g/mol. The molecule has 1 atom stereocenters. The van der Waals surface area contributed by atoms with Gasteiger partial charge in [0, 0.05) is 11.6 Å². The van der Waals surface area contributed by atoms with Crippen LogP contribution in [-0.2, 0) is 13.0 Å². The second kappa shape index (κ2) is 3.09. The SMILES string of the molecule is N[C@H]1CCc2cc(CO)c(F)cc21. The molecule has 0 radical (unpaired) electrons. The first-order chi connectivity index (χ1) is 6.22. The normalized spacial score (nSPS) is 20.4. The molecular formula is C10H12FNO. The molecule has 0 heterocycles. The van der Waals surface area contributed by atoms with Crippen molar-refractivity contribution in [1.29, 1.82) is 0 Å². The second-order valence-corrected chi connectivity index (χ2v) is 3.45. The molecule has 1 aromatic rings. The number of benzene rings is 1. The molecule has 70 valence electrons. The molecule has 0 unspecified atom stereocenters. The Morgan fingerprint density at radius 3 is 3.00 bits per heavy atom. The van der Waals surface area contributed by atoms with Gasteiger partial charge >= 0.3 is 0 Å². The summed E-state index contributed by atoms with van der Waals surface area (Å²) in [6.07, 6.45) is 1.77. The van der Waals surface area contributed by atoms with Gasteiger partial charge in [0.15, 0.2) is 0 Å². The zero-order valence-electron chi connectivity index (χ0n) is 7.26. The highest BCUT2D eigenvalue weighted by Crippen LogP contribution is 2.31. The van der Waals surface area contributed by atoms with E-state index < -0.39 is 0 Å². The molecule has 0 spiro atoms. The van der Waals surface area contributed by atoms with Gasteiger partial charge in [0.2, 0.25) is 0 Å². The Labute approximate surface area is 76.2 Å². The average molecular weight is 181 g/mol. The molecule has 0 amide bonds. The second-order valence-electron chi connectivity index (χ2n) is 3.45. The van der Waals surface area contributed by atoms with Crippen LogP contribution >= 0.6 is 0 Å². The van der Waals surface area contributed by atoms with Gasteiger partial charge < -0.3 is 10.8 Å². The minimum Gasteiger partial charge on any atom is -0.392 e. The molecule has 2 nitrogen and oxygen atoms in total. The minimum atomic E-state index is -0.349. The molecule has 0 saturated carbocycles. The summed E-state index contributed by atoms with van der Waals surface area (Å²) < 4.78 is 13.2. The molecule has 0 aliphatic heterocycles. The van der Waals surface area contributed by atoms with Crippen LogP contribution in [0.4, 0.5) is 4.39 Å². The molecule has 0 bridgehead atoms. The van der Waals surface area contributed by atoms with E-state index in [4.69, 9.17) is 10.8 Å². The van der Waals surface area contributed by atoms with E-state index in [1.165, 1.54) is 6.07 Å². The van der Waals surface area contributed by atoms with E-state index in [1.54, 1.807) is 6.07 Å². The van der Waals surface area contributed by atoms with Crippen LogP contribution in [0.25, 0.3) is 0 Å². The fourth-order valence-electron chi connectivity index (χ4n) is 1.83. The van der Waals surface area contributed by atoms with Gasteiger partial charge in [-0.15, -0.1) is 0 Å². The summed E-state index contributed by atoms with van der Waals surface area (Å²) in [4.78, 5) is 0. The summed E-state index contributed by atoms with van der Waals surface area (Å²) in [5.41, 5.74) is 8.13. The van der Waals surface area contributed by atoms with Crippen LogP contribution < -0.4 is 5.73 Å². The summed E-state index contributed by atoms with van der Waals surface area (Å²) >= 11 is 0. The smallest absolute Gasteiger partial charge is 0.129 e. The number of hydrogen-bond donors (Lipinski definition) is 2. The number of aryl methyl sites for hydroxylation is 1. The Hall–Kier alpha value is -0.930. The van der Waals surface area contributed by atoms with Gasteiger partial charge in [-0.3, -0.25) is 0 Å². The molecule has 3 heteroatoms. The monoisotopic (exact) mass is 181 g/mol. The van der Waals surface area contributed by atoms with E-state index in [0.717, 1.165) is 24.0 Å². The molecule has 2 rings (SSSR count). The van der Waals surface area contributed by atoms with Crippen LogP contribution in [0.3, 0.4) is 0 Å².